The van der Waals surface area contributed by atoms with E-state index in [4.69, 9.17) is 14.2 Å². The van der Waals surface area contributed by atoms with E-state index < -0.39 is 0 Å². The number of nitrogens with zero attached hydrogens (tertiary/aromatic N) is 1. The van der Waals surface area contributed by atoms with Crippen molar-refractivity contribution >= 4 is 0 Å². The summed E-state index contributed by atoms with van der Waals surface area (Å²) < 4.78 is 18.6. The lowest BCUT2D eigenvalue weighted by Gasteiger charge is -2.30. The molecular formula is C22H29NO3. The first-order valence-corrected chi connectivity index (χ1v) is 9.36. The minimum absolute atomic E-state index is 0.0183. The van der Waals surface area contributed by atoms with E-state index >= 15 is 0 Å². The zero-order valence-corrected chi connectivity index (χ0v) is 16.0. The van der Waals surface area contributed by atoms with Crippen LogP contribution in [0.15, 0.2) is 54.7 Å². The fraction of sp³-hybridized carbons (Fsp3) is 0.500. The first-order valence-electron chi connectivity index (χ1n) is 9.36. The fourth-order valence-corrected chi connectivity index (χ4v) is 3.51. The predicted molar refractivity (Wildman–Crippen MR) is 102 cm³/mol. The van der Waals surface area contributed by atoms with E-state index in [1.807, 2.05) is 36.4 Å². The second-order valence-corrected chi connectivity index (χ2v) is 7.55. The quantitative estimate of drug-likeness (QED) is 0.697. The van der Waals surface area contributed by atoms with E-state index in [-0.39, 0.29) is 17.3 Å². The zero-order chi connectivity index (χ0) is 18.5. The molecule has 140 valence electrons. The molecule has 0 amide bonds. The average Bonchev–Trinajstić information content (AvgIpc) is 2.92. The van der Waals surface area contributed by atoms with Crippen LogP contribution in [0.5, 0.6) is 0 Å². The van der Waals surface area contributed by atoms with Crippen LogP contribution >= 0.6 is 0 Å². The Morgan fingerprint density at radius 1 is 1.08 bits per heavy atom. The van der Waals surface area contributed by atoms with Crippen molar-refractivity contribution < 1.29 is 14.2 Å². The molecule has 4 heteroatoms. The minimum atomic E-state index is -0.346. The lowest BCUT2D eigenvalue weighted by atomic mass is 9.93. The molecule has 0 N–H and O–H groups in total. The number of ether oxygens (including phenoxy) is 3. The molecule has 2 heterocycles. The van der Waals surface area contributed by atoms with Crippen LogP contribution in [0.3, 0.4) is 0 Å². The summed E-state index contributed by atoms with van der Waals surface area (Å²) in [4.78, 5) is 4.34. The van der Waals surface area contributed by atoms with Crippen molar-refractivity contribution in [1.82, 2.24) is 4.98 Å². The smallest absolute Gasteiger partial charge is 0.0946 e. The Balaban J connectivity index is 1.57. The van der Waals surface area contributed by atoms with E-state index in [1.54, 1.807) is 6.20 Å². The van der Waals surface area contributed by atoms with Gasteiger partial charge in [-0.3, -0.25) is 4.98 Å². The van der Waals surface area contributed by atoms with Gasteiger partial charge in [0.05, 0.1) is 42.8 Å². The highest BCUT2D eigenvalue weighted by Crippen LogP contribution is 2.42. The van der Waals surface area contributed by atoms with Crippen molar-refractivity contribution in [1.29, 1.82) is 0 Å². The molecule has 0 aliphatic carbocycles. The largest absolute Gasteiger partial charge is 0.374 e. The second kappa shape index (κ2) is 8.30. The topological polar surface area (TPSA) is 40.6 Å². The Morgan fingerprint density at radius 2 is 1.85 bits per heavy atom. The summed E-state index contributed by atoms with van der Waals surface area (Å²) in [5.41, 5.74) is 1.48. The average molecular weight is 355 g/mol. The summed E-state index contributed by atoms with van der Waals surface area (Å²) in [6.07, 6.45) is 3.54. The first kappa shape index (κ1) is 19.0. The molecule has 0 radical (unpaired) electrons. The third kappa shape index (κ3) is 4.70. The standard InChI is InChI=1S/C22H29NO3/c1-4-22(17-24-15-18-10-6-5-7-11-18)14-20(21(2,3)26-22)25-16-19-12-8-9-13-23-19/h5-13,20H,4,14-17H2,1-3H3. The van der Waals surface area contributed by atoms with Crippen LogP contribution in [-0.2, 0) is 27.4 Å². The summed E-state index contributed by atoms with van der Waals surface area (Å²) in [5.74, 6) is 0. The SMILES string of the molecule is CCC1(COCc2ccccc2)CC(OCc2ccccn2)C(C)(C)O1. The first-order chi connectivity index (χ1) is 12.5. The number of aromatic nitrogens is 1. The fourth-order valence-electron chi connectivity index (χ4n) is 3.51. The van der Waals surface area contributed by atoms with Crippen LogP contribution < -0.4 is 0 Å². The molecule has 2 atom stereocenters. The van der Waals surface area contributed by atoms with E-state index in [2.05, 4.69) is 37.9 Å². The summed E-state index contributed by atoms with van der Waals surface area (Å²) >= 11 is 0. The highest BCUT2D eigenvalue weighted by Gasteiger charge is 2.51. The number of benzene rings is 1. The van der Waals surface area contributed by atoms with Crippen LogP contribution in [0.1, 0.15) is 44.9 Å². The van der Waals surface area contributed by atoms with E-state index in [9.17, 15) is 0 Å². The number of hydrogen-bond acceptors (Lipinski definition) is 4. The highest BCUT2D eigenvalue weighted by atomic mass is 16.6. The Kier molecular flexibility index (Phi) is 6.07. The maximum Gasteiger partial charge on any atom is 0.0946 e. The summed E-state index contributed by atoms with van der Waals surface area (Å²) in [5, 5.41) is 0. The van der Waals surface area contributed by atoms with Crippen molar-refractivity contribution in [2.45, 2.75) is 64.1 Å². The predicted octanol–water partition coefficient (Wildman–Crippen LogP) is 4.53. The molecule has 1 aliphatic rings. The number of pyridine rings is 1. The van der Waals surface area contributed by atoms with Gasteiger partial charge in [-0.05, 0) is 38.0 Å². The van der Waals surface area contributed by atoms with Gasteiger partial charge in [-0.1, -0.05) is 43.3 Å². The Labute approximate surface area is 156 Å². The molecule has 1 aliphatic heterocycles. The van der Waals surface area contributed by atoms with Crippen LogP contribution in [0.25, 0.3) is 0 Å². The van der Waals surface area contributed by atoms with Crippen molar-refractivity contribution in [3.8, 4) is 0 Å². The molecule has 0 saturated carbocycles. The van der Waals surface area contributed by atoms with Crippen molar-refractivity contribution in [3.63, 3.8) is 0 Å². The van der Waals surface area contributed by atoms with Gasteiger partial charge in [-0.25, -0.2) is 0 Å². The molecule has 1 aromatic heterocycles. The lowest BCUT2D eigenvalue weighted by Crippen LogP contribution is -2.37. The van der Waals surface area contributed by atoms with E-state index in [0.29, 0.717) is 19.8 Å². The lowest BCUT2D eigenvalue weighted by molar-refractivity contribution is -0.143. The normalized spacial score (nSPS) is 24.7. The molecule has 1 saturated heterocycles. The van der Waals surface area contributed by atoms with Crippen LogP contribution in [0.2, 0.25) is 0 Å². The van der Waals surface area contributed by atoms with Crippen LogP contribution in [-0.4, -0.2) is 28.9 Å². The Bertz CT molecular complexity index is 674. The molecule has 1 aromatic carbocycles. The Morgan fingerprint density at radius 3 is 2.54 bits per heavy atom. The van der Waals surface area contributed by atoms with Gasteiger partial charge in [0, 0.05) is 12.6 Å². The van der Waals surface area contributed by atoms with Crippen LogP contribution in [0.4, 0.5) is 0 Å². The molecular weight excluding hydrogens is 326 g/mol. The third-order valence-corrected chi connectivity index (χ3v) is 5.09. The monoisotopic (exact) mass is 355 g/mol. The van der Waals surface area contributed by atoms with E-state index in [0.717, 1.165) is 18.5 Å². The zero-order valence-electron chi connectivity index (χ0n) is 16.0. The molecule has 2 aromatic rings. The molecule has 26 heavy (non-hydrogen) atoms. The maximum absolute atomic E-state index is 6.45. The van der Waals surface area contributed by atoms with Gasteiger partial charge >= 0.3 is 0 Å². The molecule has 0 spiro atoms. The van der Waals surface area contributed by atoms with Gasteiger partial charge in [-0.2, -0.15) is 0 Å². The van der Waals surface area contributed by atoms with Gasteiger partial charge in [0.2, 0.25) is 0 Å². The number of hydrogen-bond donors (Lipinski definition) is 0. The van der Waals surface area contributed by atoms with Gasteiger partial charge in [0.25, 0.3) is 0 Å². The van der Waals surface area contributed by atoms with Gasteiger partial charge < -0.3 is 14.2 Å². The van der Waals surface area contributed by atoms with Crippen LogP contribution in [0, 0.1) is 0 Å². The maximum atomic E-state index is 6.45. The Hall–Kier alpha value is -1.75. The molecule has 2 unspecified atom stereocenters. The highest BCUT2D eigenvalue weighted by molar-refractivity contribution is 5.13. The van der Waals surface area contributed by atoms with Gasteiger partial charge in [0.15, 0.2) is 0 Å². The molecule has 0 bridgehead atoms. The molecule has 1 fully saturated rings. The van der Waals surface area contributed by atoms with Crippen molar-refractivity contribution in [3.05, 3.63) is 66.0 Å². The van der Waals surface area contributed by atoms with Gasteiger partial charge in [-0.15, -0.1) is 0 Å². The number of rotatable bonds is 8. The second-order valence-electron chi connectivity index (χ2n) is 7.55. The summed E-state index contributed by atoms with van der Waals surface area (Å²) in [7, 11) is 0. The molecule has 3 rings (SSSR count). The van der Waals surface area contributed by atoms with Crippen molar-refractivity contribution in [2.24, 2.45) is 0 Å². The third-order valence-electron chi connectivity index (χ3n) is 5.09. The van der Waals surface area contributed by atoms with Gasteiger partial charge in [0.1, 0.15) is 0 Å². The summed E-state index contributed by atoms with van der Waals surface area (Å²) in [6, 6.07) is 16.1. The summed E-state index contributed by atoms with van der Waals surface area (Å²) in [6.45, 7) is 8.04. The molecule has 4 nitrogen and oxygen atoms in total. The van der Waals surface area contributed by atoms with Crippen molar-refractivity contribution in [2.75, 3.05) is 6.61 Å². The minimum Gasteiger partial charge on any atom is -0.374 e. The van der Waals surface area contributed by atoms with E-state index in [1.165, 1.54) is 5.56 Å².